The first-order valence-electron chi connectivity index (χ1n) is 22.2. The van der Waals surface area contributed by atoms with E-state index in [2.05, 4.69) is 35.0 Å². The number of carbonyl (C=O) groups excluding carboxylic acids is 2. The van der Waals surface area contributed by atoms with Crippen molar-refractivity contribution in [2.45, 2.75) is 227 Å². The van der Waals surface area contributed by atoms with Gasteiger partial charge in [-0.15, -0.1) is 0 Å². The van der Waals surface area contributed by atoms with Crippen LogP contribution in [0.15, 0.2) is 0 Å². The number of hydrogen-bond acceptors (Lipinski definition) is 4. The number of nitrogens with zero attached hydrogens (tertiary/aromatic N) is 2. The summed E-state index contributed by atoms with van der Waals surface area (Å²) in [6.45, 7) is 11.3. The van der Waals surface area contributed by atoms with Crippen molar-refractivity contribution in [2.75, 3.05) is 32.0 Å². The summed E-state index contributed by atoms with van der Waals surface area (Å²) in [7, 11) is -2.69. The third-order valence-corrected chi connectivity index (χ3v) is 14.3. The van der Waals surface area contributed by atoms with Crippen molar-refractivity contribution >= 4 is 19.4 Å². The summed E-state index contributed by atoms with van der Waals surface area (Å²) in [6, 6.07) is 2.28. The number of carbonyl (C=O) groups is 2. The molecule has 2 amide bonds. The minimum atomic E-state index is -2.69. The van der Waals surface area contributed by atoms with Gasteiger partial charge in [0, 0.05) is 0 Å². The molecule has 0 aliphatic heterocycles. The molecular weight excluding hydrogens is 635 g/mol. The molecule has 0 fully saturated rings. The van der Waals surface area contributed by atoms with Crippen molar-refractivity contribution in [3.63, 3.8) is 0 Å². The van der Waals surface area contributed by atoms with Crippen LogP contribution in [0.25, 0.3) is 0 Å². The zero-order valence-corrected chi connectivity index (χ0v) is 35.2. The van der Waals surface area contributed by atoms with Gasteiger partial charge in [0.05, 0.1) is 0 Å². The number of rotatable bonds is 39. The first-order valence-corrected chi connectivity index (χ1v) is 24.6. The zero-order valence-electron chi connectivity index (χ0n) is 34.2. The first-order chi connectivity index (χ1) is 24.5. The van der Waals surface area contributed by atoms with Crippen LogP contribution in [0.5, 0.6) is 0 Å². The molecule has 0 heterocycles. The van der Waals surface area contributed by atoms with Gasteiger partial charge in [-0.1, -0.05) is 90.9 Å². The van der Waals surface area contributed by atoms with Crippen LogP contribution in [-0.2, 0) is 9.59 Å². The Morgan fingerprint density at radius 2 is 0.760 bits per heavy atom. The molecule has 7 heteroatoms. The van der Waals surface area contributed by atoms with E-state index < -0.39 is 7.56 Å². The molecule has 50 heavy (non-hydrogen) atoms. The van der Waals surface area contributed by atoms with Crippen LogP contribution in [0.1, 0.15) is 227 Å². The molecule has 296 valence electrons. The molecule has 2 N–H and O–H groups in total. The van der Waals surface area contributed by atoms with Gasteiger partial charge in [0.25, 0.3) is 0 Å². The molecular formula is C43H87N4O2P. The van der Waals surface area contributed by atoms with E-state index in [1.807, 2.05) is 13.8 Å². The molecule has 0 atom stereocenters. The number of nitriles is 1. The monoisotopic (exact) mass is 723 g/mol. The van der Waals surface area contributed by atoms with Gasteiger partial charge >= 0.3 is 223 Å². The maximum absolute atomic E-state index is 12.6. The Hall–Kier alpha value is -1.18. The van der Waals surface area contributed by atoms with Crippen molar-refractivity contribution in [3.05, 3.63) is 0 Å². The van der Waals surface area contributed by atoms with Crippen LogP contribution in [0.3, 0.4) is 0 Å². The van der Waals surface area contributed by atoms with Gasteiger partial charge in [-0.2, -0.15) is 0 Å². The van der Waals surface area contributed by atoms with Crippen molar-refractivity contribution in [1.29, 1.82) is 5.26 Å². The average molecular weight is 723 g/mol. The number of amides is 2. The van der Waals surface area contributed by atoms with E-state index in [1.165, 1.54) is 180 Å². The molecule has 0 radical (unpaired) electrons. The van der Waals surface area contributed by atoms with Crippen LogP contribution < -0.4 is 10.2 Å². The summed E-state index contributed by atoms with van der Waals surface area (Å²) >= 11 is 0. The molecule has 0 spiro atoms. The molecule has 0 rings (SSSR count). The Morgan fingerprint density at radius 3 is 1.04 bits per heavy atom. The van der Waals surface area contributed by atoms with Crippen molar-refractivity contribution in [1.82, 2.24) is 15.1 Å². The molecule has 0 aliphatic carbocycles. The van der Waals surface area contributed by atoms with E-state index in [4.69, 9.17) is 0 Å². The van der Waals surface area contributed by atoms with Gasteiger partial charge in [-0.25, -0.2) is 0 Å². The Balaban J connectivity index is 4.71. The van der Waals surface area contributed by atoms with Crippen LogP contribution >= 0.6 is 7.56 Å². The van der Waals surface area contributed by atoms with Crippen LogP contribution in [-0.4, -0.2) is 48.7 Å². The van der Waals surface area contributed by atoms with Gasteiger partial charge in [0.15, 0.2) is 0 Å². The number of hydrogen-bond donors (Lipinski definition) is 2. The average Bonchev–Trinajstić information content (AvgIpc) is 3.12. The quantitative estimate of drug-likeness (QED) is 0.0488. The molecule has 0 saturated heterocycles. The SMILES string of the molecule is CCCCCCCCCCCCCCCCN(CCCCCCCCCCCCCCCC)CC[PH](CCC#N)(NC(=O)CC)NC(=O)CC. The fraction of sp³-hybridized carbons (Fsp3) is 0.930. The van der Waals surface area contributed by atoms with Crippen molar-refractivity contribution < 1.29 is 9.59 Å². The molecule has 0 aromatic carbocycles. The van der Waals surface area contributed by atoms with E-state index in [0.717, 1.165) is 25.8 Å². The second-order valence-electron chi connectivity index (χ2n) is 15.3. The molecule has 0 saturated carbocycles. The molecule has 0 aromatic rings. The van der Waals surface area contributed by atoms with Crippen LogP contribution in [0.2, 0.25) is 0 Å². The third-order valence-electron chi connectivity index (χ3n) is 10.6. The molecule has 0 bridgehead atoms. The zero-order chi connectivity index (χ0) is 36.8. The normalized spacial score (nSPS) is 11.9. The molecule has 6 nitrogen and oxygen atoms in total. The fourth-order valence-corrected chi connectivity index (χ4v) is 10.6. The predicted molar refractivity (Wildman–Crippen MR) is 222 cm³/mol. The summed E-state index contributed by atoms with van der Waals surface area (Å²) in [5.74, 6) is -0.0342. The first kappa shape index (κ1) is 48.8. The standard InChI is InChI=1S/C43H87N4O2P/c1-5-9-11-13-15-17-19-21-23-25-27-29-31-33-37-47(38-34-32-30-28-26-24-22-20-18-16-14-12-10-6-2)39-41-50(40-35-36-44,45-42(48)7-3)46-43(49)8-4/h50H,5-35,37-41H2,1-4H3,(H,45,48)(H,46,49). The Morgan fingerprint density at radius 1 is 0.460 bits per heavy atom. The summed E-state index contributed by atoms with van der Waals surface area (Å²) < 4.78 is 0. The van der Waals surface area contributed by atoms with Crippen molar-refractivity contribution in [2.24, 2.45) is 0 Å². The van der Waals surface area contributed by atoms with E-state index in [1.54, 1.807) is 0 Å². The molecule has 0 unspecified atom stereocenters. The van der Waals surface area contributed by atoms with E-state index in [-0.39, 0.29) is 11.8 Å². The van der Waals surface area contributed by atoms with Crippen LogP contribution in [0, 0.1) is 11.3 Å². The summed E-state index contributed by atoms with van der Waals surface area (Å²) in [5, 5.41) is 15.9. The topological polar surface area (TPSA) is 85.2 Å². The van der Waals surface area contributed by atoms with E-state index >= 15 is 0 Å². The number of unbranched alkanes of at least 4 members (excludes halogenated alkanes) is 26. The maximum atomic E-state index is 12.6. The summed E-state index contributed by atoms with van der Waals surface area (Å²) in [4.78, 5) is 27.8. The second-order valence-corrected chi connectivity index (χ2v) is 19.0. The minimum absolute atomic E-state index is 0.0171. The predicted octanol–water partition coefficient (Wildman–Crippen LogP) is 12.8. The Bertz CT molecular complexity index is 752. The van der Waals surface area contributed by atoms with Gasteiger partial charge in [-0.3, -0.25) is 0 Å². The van der Waals surface area contributed by atoms with E-state index in [0.29, 0.717) is 25.4 Å². The molecule has 0 aromatic heterocycles. The second kappa shape index (κ2) is 37.6. The van der Waals surface area contributed by atoms with Gasteiger partial charge < -0.3 is 0 Å². The van der Waals surface area contributed by atoms with E-state index in [9.17, 15) is 14.9 Å². The Labute approximate surface area is 313 Å². The fourth-order valence-electron chi connectivity index (χ4n) is 7.13. The Kier molecular flexibility index (Phi) is 36.7. The molecule has 0 aliphatic rings. The van der Waals surface area contributed by atoms with Gasteiger partial charge in [-0.05, 0) is 0 Å². The summed E-state index contributed by atoms with van der Waals surface area (Å²) in [6.07, 6.45) is 40.8. The van der Waals surface area contributed by atoms with Gasteiger partial charge in [0.1, 0.15) is 0 Å². The van der Waals surface area contributed by atoms with Crippen molar-refractivity contribution in [3.8, 4) is 6.07 Å². The summed E-state index contributed by atoms with van der Waals surface area (Å²) in [5.41, 5.74) is 0. The van der Waals surface area contributed by atoms with Crippen LogP contribution in [0.4, 0.5) is 0 Å². The number of nitrogens with one attached hydrogen (secondary N) is 2. The van der Waals surface area contributed by atoms with Gasteiger partial charge in [0.2, 0.25) is 0 Å². The third kappa shape index (κ3) is 31.5.